The molecule has 4 heteroatoms. The predicted octanol–water partition coefficient (Wildman–Crippen LogP) is 2.72. The molecule has 0 amide bonds. The van der Waals surface area contributed by atoms with Crippen molar-refractivity contribution in [2.24, 2.45) is 0 Å². The van der Waals surface area contributed by atoms with Crippen molar-refractivity contribution in [3.05, 3.63) is 46.8 Å². The zero-order valence-corrected chi connectivity index (χ0v) is 10.8. The van der Waals surface area contributed by atoms with E-state index >= 15 is 0 Å². The Balaban J connectivity index is 2.11. The summed E-state index contributed by atoms with van der Waals surface area (Å²) >= 11 is 0. The first kappa shape index (κ1) is 12.2. The largest absolute Gasteiger partial charge is 0.471 e. The van der Waals surface area contributed by atoms with Crippen LogP contribution < -0.4 is 4.74 Å². The number of aryl methyl sites for hydroxylation is 2. The average molecular weight is 241 g/mol. The summed E-state index contributed by atoms with van der Waals surface area (Å²) in [6, 6.07) is 9.99. The molecule has 2 aromatic rings. The lowest BCUT2D eigenvalue weighted by Crippen LogP contribution is -2.08. The Hall–Kier alpha value is -2.28. The Morgan fingerprint density at radius 2 is 1.89 bits per heavy atom. The van der Waals surface area contributed by atoms with Crippen LogP contribution in [0.5, 0.6) is 5.75 Å². The quantitative estimate of drug-likeness (QED) is 0.830. The molecule has 0 saturated carbocycles. The molecule has 0 aliphatic carbocycles. The van der Waals surface area contributed by atoms with Crippen molar-refractivity contribution in [3.8, 4) is 11.8 Å². The molecule has 18 heavy (non-hydrogen) atoms. The van der Waals surface area contributed by atoms with Crippen molar-refractivity contribution < 1.29 is 4.74 Å². The van der Waals surface area contributed by atoms with E-state index in [1.807, 2.05) is 45.0 Å². The van der Waals surface area contributed by atoms with Crippen molar-refractivity contribution in [1.82, 2.24) is 9.78 Å². The summed E-state index contributed by atoms with van der Waals surface area (Å²) in [5.41, 5.74) is 3.40. The summed E-state index contributed by atoms with van der Waals surface area (Å²) in [4.78, 5) is 0. The number of nitrogens with zero attached hydrogens (tertiary/aromatic N) is 3. The van der Waals surface area contributed by atoms with E-state index in [2.05, 4.69) is 11.2 Å². The van der Waals surface area contributed by atoms with Crippen LogP contribution in [0.25, 0.3) is 0 Å². The second-order valence-corrected chi connectivity index (χ2v) is 4.24. The van der Waals surface area contributed by atoms with Gasteiger partial charge < -0.3 is 4.74 Å². The van der Waals surface area contributed by atoms with E-state index in [9.17, 15) is 0 Å². The van der Waals surface area contributed by atoms with Gasteiger partial charge >= 0.3 is 0 Å². The van der Waals surface area contributed by atoms with Gasteiger partial charge in [-0.3, -0.25) is 0 Å². The lowest BCUT2D eigenvalue weighted by molar-refractivity contribution is 0.218. The zero-order chi connectivity index (χ0) is 13.1. The lowest BCUT2D eigenvalue weighted by atomic mass is 10.2. The maximum Gasteiger partial charge on any atom is 0.181 e. The smallest absolute Gasteiger partial charge is 0.181 e. The third kappa shape index (κ3) is 2.35. The van der Waals surface area contributed by atoms with Crippen LogP contribution in [0, 0.1) is 32.1 Å². The molecule has 4 nitrogen and oxygen atoms in total. The Morgan fingerprint density at radius 1 is 1.22 bits per heavy atom. The van der Waals surface area contributed by atoms with Crippen LogP contribution in [0.3, 0.4) is 0 Å². The maximum atomic E-state index is 8.98. The number of rotatable bonds is 3. The normalized spacial score (nSPS) is 10.1. The summed E-state index contributed by atoms with van der Waals surface area (Å²) in [7, 11) is 0. The van der Waals surface area contributed by atoms with E-state index in [1.165, 1.54) is 5.56 Å². The van der Waals surface area contributed by atoms with Gasteiger partial charge in [-0.15, -0.1) is 0 Å². The summed E-state index contributed by atoms with van der Waals surface area (Å²) in [6.07, 6.45) is 0. The summed E-state index contributed by atoms with van der Waals surface area (Å²) in [5, 5.41) is 13.3. The Bertz CT molecular complexity index is 591. The van der Waals surface area contributed by atoms with E-state index in [0.29, 0.717) is 12.3 Å². The van der Waals surface area contributed by atoms with Crippen LogP contribution >= 0.6 is 0 Å². The van der Waals surface area contributed by atoms with Gasteiger partial charge in [0.2, 0.25) is 0 Å². The fourth-order valence-corrected chi connectivity index (χ4v) is 1.75. The number of nitriles is 1. The van der Waals surface area contributed by atoms with Gasteiger partial charge in [0, 0.05) is 0 Å². The fraction of sp³-hybridized carbons (Fsp3) is 0.286. The van der Waals surface area contributed by atoms with Gasteiger partial charge in [0.05, 0.1) is 17.0 Å². The Morgan fingerprint density at radius 3 is 2.44 bits per heavy atom. The minimum Gasteiger partial charge on any atom is -0.471 e. The second kappa shape index (κ2) is 4.92. The third-order valence-corrected chi connectivity index (χ3v) is 2.87. The molecule has 0 aliphatic rings. The van der Waals surface area contributed by atoms with Crippen LogP contribution in [-0.4, -0.2) is 9.78 Å². The molecule has 92 valence electrons. The summed E-state index contributed by atoms with van der Waals surface area (Å²) < 4.78 is 7.33. The van der Waals surface area contributed by atoms with E-state index in [1.54, 1.807) is 4.68 Å². The second-order valence-electron chi connectivity index (χ2n) is 4.24. The van der Waals surface area contributed by atoms with E-state index < -0.39 is 0 Å². The van der Waals surface area contributed by atoms with E-state index in [4.69, 9.17) is 10.00 Å². The van der Waals surface area contributed by atoms with Crippen molar-refractivity contribution in [2.75, 3.05) is 0 Å². The molecule has 0 bridgehead atoms. The molecule has 0 unspecified atom stereocenters. The molecule has 1 heterocycles. The summed E-state index contributed by atoms with van der Waals surface area (Å²) in [6.45, 7) is 6.05. The van der Waals surface area contributed by atoms with Crippen LogP contribution in [0.4, 0.5) is 0 Å². The van der Waals surface area contributed by atoms with Gasteiger partial charge in [-0.25, -0.2) is 4.68 Å². The molecule has 0 fully saturated rings. The highest BCUT2D eigenvalue weighted by Gasteiger charge is 2.10. The predicted molar refractivity (Wildman–Crippen MR) is 68.2 cm³/mol. The molecule has 1 aromatic heterocycles. The average Bonchev–Trinajstić information content (AvgIpc) is 2.63. The van der Waals surface area contributed by atoms with Crippen LogP contribution in [0.15, 0.2) is 24.3 Å². The number of ether oxygens (including phenoxy) is 1. The van der Waals surface area contributed by atoms with Gasteiger partial charge in [-0.2, -0.15) is 10.4 Å². The van der Waals surface area contributed by atoms with Gasteiger partial charge in [0.1, 0.15) is 11.8 Å². The number of aromatic nitrogens is 2. The number of hydrogen-bond acceptors (Lipinski definition) is 3. The summed E-state index contributed by atoms with van der Waals surface area (Å²) in [5.74, 6) is 0.798. The van der Waals surface area contributed by atoms with Crippen molar-refractivity contribution >= 4 is 0 Å². The molecule has 0 radical (unpaired) electrons. The number of benzene rings is 1. The topological polar surface area (TPSA) is 50.8 Å². The SMILES string of the molecule is Cc1ccc(OCn2nc(C)c(C#N)c2C)cc1. The molecular weight excluding hydrogens is 226 g/mol. The molecule has 1 aromatic carbocycles. The number of hydrogen-bond donors (Lipinski definition) is 0. The minimum absolute atomic E-state index is 0.317. The maximum absolute atomic E-state index is 8.98. The molecule has 2 rings (SSSR count). The minimum atomic E-state index is 0.317. The van der Waals surface area contributed by atoms with E-state index in [-0.39, 0.29) is 0 Å². The Labute approximate surface area is 106 Å². The molecule has 0 spiro atoms. The highest BCUT2D eigenvalue weighted by molar-refractivity contribution is 5.36. The molecule has 0 atom stereocenters. The standard InChI is InChI=1S/C14H15N3O/c1-10-4-6-13(7-5-10)18-9-17-12(3)14(8-15)11(2)16-17/h4-7H,9H2,1-3H3. The molecular formula is C14H15N3O. The highest BCUT2D eigenvalue weighted by atomic mass is 16.5. The molecule has 0 aliphatic heterocycles. The zero-order valence-electron chi connectivity index (χ0n) is 10.8. The monoisotopic (exact) mass is 241 g/mol. The molecule has 0 saturated heterocycles. The molecule has 0 N–H and O–H groups in total. The third-order valence-electron chi connectivity index (χ3n) is 2.87. The van der Waals surface area contributed by atoms with Crippen molar-refractivity contribution in [2.45, 2.75) is 27.5 Å². The first-order valence-corrected chi connectivity index (χ1v) is 5.75. The van der Waals surface area contributed by atoms with Crippen molar-refractivity contribution in [1.29, 1.82) is 5.26 Å². The van der Waals surface area contributed by atoms with Crippen LogP contribution in [0.1, 0.15) is 22.5 Å². The van der Waals surface area contributed by atoms with Crippen molar-refractivity contribution in [3.63, 3.8) is 0 Å². The van der Waals surface area contributed by atoms with Crippen LogP contribution in [0.2, 0.25) is 0 Å². The Kier molecular flexibility index (Phi) is 3.33. The van der Waals surface area contributed by atoms with Crippen LogP contribution in [-0.2, 0) is 6.73 Å². The van der Waals surface area contributed by atoms with E-state index in [0.717, 1.165) is 17.1 Å². The first-order chi connectivity index (χ1) is 8.61. The first-order valence-electron chi connectivity index (χ1n) is 5.75. The fourth-order valence-electron chi connectivity index (χ4n) is 1.75. The van der Waals surface area contributed by atoms with Gasteiger partial charge in [-0.1, -0.05) is 17.7 Å². The van der Waals surface area contributed by atoms with Gasteiger partial charge in [-0.05, 0) is 32.9 Å². The van der Waals surface area contributed by atoms with Gasteiger partial charge in [0.15, 0.2) is 6.73 Å². The highest BCUT2D eigenvalue weighted by Crippen LogP contribution is 2.14. The lowest BCUT2D eigenvalue weighted by Gasteiger charge is -2.07. The van der Waals surface area contributed by atoms with Gasteiger partial charge in [0.25, 0.3) is 0 Å².